The molecular weight excluding hydrogens is 242 g/mol. The monoisotopic (exact) mass is 251 g/mol. The maximum Gasteiger partial charge on any atom is 0.193 e. The molecule has 0 saturated heterocycles. The average Bonchev–Trinajstić information content (AvgIpc) is 3.04. The van der Waals surface area contributed by atoms with Crippen molar-refractivity contribution in [1.29, 1.82) is 0 Å². The van der Waals surface area contributed by atoms with Crippen LogP contribution in [0.2, 0.25) is 5.15 Å². The van der Waals surface area contributed by atoms with Crippen molar-refractivity contribution >= 4 is 17.4 Å². The number of anilines is 1. The normalized spacial score (nSPS) is 14.9. The molecule has 0 aliphatic heterocycles. The molecule has 1 saturated carbocycles. The molecule has 0 atom stereocenters. The summed E-state index contributed by atoms with van der Waals surface area (Å²) in [5.41, 5.74) is 0. The first-order valence-electron chi connectivity index (χ1n) is 5.32. The van der Waals surface area contributed by atoms with Crippen LogP contribution in [-0.2, 0) is 6.54 Å². The van der Waals surface area contributed by atoms with E-state index in [2.05, 4.69) is 35.9 Å². The summed E-state index contributed by atoms with van der Waals surface area (Å²) < 4.78 is 0. The van der Waals surface area contributed by atoms with Gasteiger partial charge in [-0.2, -0.15) is 5.21 Å². The summed E-state index contributed by atoms with van der Waals surface area (Å²) in [6, 6.07) is 1.69. The molecule has 1 aliphatic carbocycles. The maximum atomic E-state index is 5.94. The molecule has 17 heavy (non-hydrogen) atoms. The number of nitrogens with zero attached hydrogens (tertiary/aromatic N) is 5. The molecule has 7 nitrogen and oxygen atoms in total. The third-order valence-electron chi connectivity index (χ3n) is 2.47. The van der Waals surface area contributed by atoms with E-state index in [-0.39, 0.29) is 0 Å². The lowest BCUT2D eigenvalue weighted by atomic mass is 10.4. The standard InChI is InChI=1S/C9H10ClN7/c10-6-3-7(11-4-8-14-16-17-15-8)13-9(12-6)5-1-2-5/h3,5H,1-2,4H2,(H,11,12,13)(H,14,15,16,17). The van der Waals surface area contributed by atoms with E-state index in [0.717, 1.165) is 18.7 Å². The van der Waals surface area contributed by atoms with Crippen LogP contribution in [0, 0.1) is 0 Å². The minimum Gasteiger partial charge on any atom is -0.362 e. The van der Waals surface area contributed by atoms with E-state index in [4.69, 9.17) is 11.6 Å². The van der Waals surface area contributed by atoms with Gasteiger partial charge < -0.3 is 5.32 Å². The third-order valence-corrected chi connectivity index (χ3v) is 2.67. The van der Waals surface area contributed by atoms with Crippen molar-refractivity contribution in [2.45, 2.75) is 25.3 Å². The fourth-order valence-corrected chi connectivity index (χ4v) is 1.67. The predicted molar refractivity (Wildman–Crippen MR) is 60.5 cm³/mol. The first-order chi connectivity index (χ1) is 8.31. The molecule has 2 heterocycles. The Bertz CT molecular complexity index is 508. The summed E-state index contributed by atoms with van der Waals surface area (Å²) in [6.07, 6.45) is 2.29. The number of rotatable bonds is 4. The second-order valence-electron chi connectivity index (χ2n) is 3.89. The molecule has 8 heteroatoms. The van der Waals surface area contributed by atoms with E-state index < -0.39 is 0 Å². The Morgan fingerprint density at radius 3 is 3.00 bits per heavy atom. The van der Waals surface area contributed by atoms with Gasteiger partial charge in [-0.1, -0.05) is 16.8 Å². The van der Waals surface area contributed by atoms with Crippen LogP contribution in [-0.4, -0.2) is 30.6 Å². The van der Waals surface area contributed by atoms with E-state index in [1.807, 2.05) is 0 Å². The number of halogens is 1. The Labute approximate surface area is 102 Å². The van der Waals surface area contributed by atoms with Crippen LogP contribution in [0.3, 0.4) is 0 Å². The third kappa shape index (κ3) is 2.50. The highest BCUT2D eigenvalue weighted by Gasteiger charge is 2.27. The number of aromatic amines is 1. The summed E-state index contributed by atoms with van der Waals surface area (Å²) in [6.45, 7) is 0.452. The fraction of sp³-hybridized carbons (Fsp3) is 0.444. The molecule has 0 spiro atoms. The summed E-state index contributed by atoms with van der Waals surface area (Å²) >= 11 is 5.94. The number of tetrazole rings is 1. The lowest BCUT2D eigenvalue weighted by Gasteiger charge is -2.05. The number of aromatic nitrogens is 6. The van der Waals surface area contributed by atoms with Gasteiger partial charge in [0.2, 0.25) is 0 Å². The number of H-pyrrole nitrogens is 1. The van der Waals surface area contributed by atoms with Gasteiger partial charge in [0, 0.05) is 12.0 Å². The van der Waals surface area contributed by atoms with Gasteiger partial charge in [-0.15, -0.1) is 10.2 Å². The van der Waals surface area contributed by atoms with Crippen LogP contribution >= 0.6 is 11.6 Å². The van der Waals surface area contributed by atoms with Crippen molar-refractivity contribution in [3.8, 4) is 0 Å². The molecule has 0 radical (unpaired) electrons. The largest absolute Gasteiger partial charge is 0.362 e. The van der Waals surface area contributed by atoms with Gasteiger partial charge >= 0.3 is 0 Å². The summed E-state index contributed by atoms with van der Waals surface area (Å²) in [5.74, 6) is 2.55. The van der Waals surface area contributed by atoms with Gasteiger partial charge in [-0.05, 0) is 12.8 Å². The molecule has 0 bridgehead atoms. The molecule has 1 fully saturated rings. The van der Waals surface area contributed by atoms with E-state index >= 15 is 0 Å². The Kier molecular flexibility index (Phi) is 2.60. The Balaban J connectivity index is 1.73. The molecule has 0 unspecified atom stereocenters. The van der Waals surface area contributed by atoms with Gasteiger partial charge in [-0.3, -0.25) is 0 Å². The molecule has 3 rings (SSSR count). The van der Waals surface area contributed by atoms with Crippen molar-refractivity contribution in [2.75, 3.05) is 5.32 Å². The van der Waals surface area contributed by atoms with E-state index in [1.165, 1.54) is 0 Å². The zero-order valence-electron chi connectivity index (χ0n) is 8.89. The molecule has 2 aromatic heterocycles. The molecule has 0 amide bonds. The molecule has 88 valence electrons. The van der Waals surface area contributed by atoms with Crippen molar-refractivity contribution in [1.82, 2.24) is 30.6 Å². The highest BCUT2D eigenvalue weighted by atomic mass is 35.5. The summed E-state index contributed by atoms with van der Waals surface area (Å²) in [7, 11) is 0. The molecule has 2 aromatic rings. The average molecular weight is 252 g/mol. The van der Waals surface area contributed by atoms with E-state index in [9.17, 15) is 0 Å². The van der Waals surface area contributed by atoms with Gasteiger partial charge in [0.05, 0.1) is 6.54 Å². The van der Waals surface area contributed by atoms with E-state index in [1.54, 1.807) is 6.07 Å². The topological polar surface area (TPSA) is 92.3 Å². The maximum absolute atomic E-state index is 5.94. The first kappa shape index (κ1) is 10.4. The fourth-order valence-electron chi connectivity index (χ4n) is 1.48. The smallest absolute Gasteiger partial charge is 0.193 e. The van der Waals surface area contributed by atoms with Gasteiger partial charge in [-0.25, -0.2) is 9.97 Å². The predicted octanol–water partition coefficient (Wildman–Crippen LogP) is 1.13. The van der Waals surface area contributed by atoms with Gasteiger partial charge in [0.15, 0.2) is 5.82 Å². The van der Waals surface area contributed by atoms with Crippen LogP contribution in [0.1, 0.15) is 30.4 Å². The SMILES string of the molecule is Clc1cc(NCc2nn[nH]n2)nc(C2CC2)n1. The Morgan fingerprint density at radius 2 is 2.29 bits per heavy atom. The van der Waals surface area contributed by atoms with Gasteiger partial charge in [0.1, 0.15) is 16.8 Å². The highest BCUT2D eigenvalue weighted by Crippen LogP contribution is 2.38. The second-order valence-corrected chi connectivity index (χ2v) is 4.28. The first-order valence-corrected chi connectivity index (χ1v) is 5.70. The molecule has 1 aliphatic rings. The van der Waals surface area contributed by atoms with Crippen LogP contribution in [0.15, 0.2) is 6.07 Å². The lowest BCUT2D eigenvalue weighted by molar-refractivity contribution is 0.881. The van der Waals surface area contributed by atoms with Crippen LogP contribution in [0.4, 0.5) is 5.82 Å². The van der Waals surface area contributed by atoms with Crippen molar-refractivity contribution in [3.05, 3.63) is 22.9 Å². The summed E-state index contributed by atoms with van der Waals surface area (Å²) in [4.78, 5) is 8.61. The Hall–Kier alpha value is -1.76. The minimum atomic E-state index is 0.452. The van der Waals surface area contributed by atoms with Crippen LogP contribution in [0.25, 0.3) is 0 Å². The van der Waals surface area contributed by atoms with Gasteiger partial charge in [0.25, 0.3) is 0 Å². The second kappa shape index (κ2) is 4.25. The molecule has 2 N–H and O–H groups in total. The highest BCUT2D eigenvalue weighted by molar-refractivity contribution is 6.29. The molecular formula is C9H10ClN7. The number of hydrogen-bond donors (Lipinski definition) is 2. The van der Waals surface area contributed by atoms with Crippen molar-refractivity contribution in [3.63, 3.8) is 0 Å². The summed E-state index contributed by atoms with van der Waals surface area (Å²) in [5, 5.41) is 17.1. The Morgan fingerprint density at radius 1 is 1.41 bits per heavy atom. The minimum absolute atomic E-state index is 0.452. The number of nitrogens with one attached hydrogen (secondary N) is 2. The zero-order chi connectivity index (χ0) is 11.7. The van der Waals surface area contributed by atoms with Crippen LogP contribution < -0.4 is 5.32 Å². The van der Waals surface area contributed by atoms with E-state index in [0.29, 0.717) is 29.3 Å². The van der Waals surface area contributed by atoms with Crippen molar-refractivity contribution in [2.24, 2.45) is 0 Å². The molecule has 0 aromatic carbocycles. The quantitative estimate of drug-likeness (QED) is 0.792. The zero-order valence-corrected chi connectivity index (χ0v) is 9.65. The number of hydrogen-bond acceptors (Lipinski definition) is 6. The lowest BCUT2D eigenvalue weighted by Crippen LogP contribution is -2.05. The van der Waals surface area contributed by atoms with Crippen LogP contribution in [0.5, 0.6) is 0 Å². The van der Waals surface area contributed by atoms with Crippen molar-refractivity contribution < 1.29 is 0 Å².